The van der Waals surface area contributed by atoms with Crippen LogP contribution in [0.25, 0.3) is 0 Å². The molecule has 0 aliphatic heterocycles. The zero-order chi connectivity index (χ0) is 7.28. The summed E-state index contributed by atoms with van der Waals surface area (Å²) in [6, 6.07) is 0. The van der Waals surface area contributed by atoms with Crippen molar-refractivity contribution in [2.24, 2.45) is 9.98 Å². The van der Waals surface area contributed by atoms with Crippen LogP contribution >= 0.6 is 22.6 Å². The van der Waals surface area contributed by atoms with Crippen LogP contribution in [0.15, 0.2) is 20.3 Å². The second kappa shape index (κ2) is 4.67. The van der Waals surface area contributed by atoms with Crippen molar-refractivity contribution in [1.82, 2.24) is 0 Å². The highest BCUT2D eigenvalue weighted by molar-refractivity contribution is 14.1. The van der Waals surface area contributed by atoms with Crippen molar-refractivity contribution >= 4 is 34.5 Å². The summed E-state index contributed by atoms with van der Waals surface area (Å²) in [5.41, 5.74) is 0.910. The van der Waals surface area contributed by atoms with Crippen molar-refractivity contribution < 1.29 is 0 Å². The number of aliphatic imine (C=N–C) groups is 2. The molecule has 3 heteroatoms. The molecule has 0 aromatic rings. The molecule has 9 heavy (non-hydrogen) atoms. The van der Waals surface area contributed by atoms with Crippen LogP contribution < -0.4 is 0 Å². The lowest BCUT2D eigenvalue weighted by Crippen LogP contribution is -1.90. The van der Waals surface area contributed by atoms with Crippen molar-refractivity contribution in [2.45, 2.75) is 6.92 Å². The fourth-order valence-corrected chi connectivity index (χ4v) is 0.360. The molecule has 2 nitrogen and oxygen atoms in total. The molecule has 0 atom stereocenters. The Hall–Kier alpha value is -0.190. The average Bonchev–Trinajstić information content (AvgIpc) is 1.83. The minimum Gasteiger partial charge on any atom is -0.292 e. The smallest absolute Gasteiger partial charge is 0.0938 e. The van der Waals surface area contributed by atoms with Gasteiger partial charge < -0.3 is 0 Å². The Bertz CT molecular complexity index is 158. The summed E-state index contributed by atoms with van der Waals surface area (Å²) in [7, 11) is 1.73. The van der Waals surface area contributed by atoms with E-state index in [1.54, 1.807) is 13.3 Å². The molecule has 0 heterocycles. The van der Waals surface area contributed by atoms with E-state index in [1.165, 1.54) is 0 Å². The third-order valence-electron chi connectivity index (χ3n) is 0.744. The molecule has 0 radical (unpaired) electrons. The van der Waals surface area contributed by atoms with Gasteiger partial charge in [-0.05, 0) is 29.5 Å². The molecular formula is C6H9IN2. The standard InChI is InChI=1S/C6H9IN2/c1-5(8-3)4-9-6(2)7/h4H,2H2,1,3H3/b8-5-,9-4-. The van der Waals surface area contributed by atoms with E-state index in [4.69, 9.17) is 0 Å². The van der Waals surface area contributed by atoms with Gasteiger partial charge in [-0.2, -0.15) is 0 Å². The average molecular weight is 236 g/mol. The molecule has 0 spiro atoms. The Balaban J connectivity index is 3.86. The first-order chi connectivity index (χ1) is 4.16. The Morgan fingerprint density at radius 1 is 1.67 bits per heavy atom. The Morgan fingerprint density at radius 3 is 2.56 bits per heavy atom. The quantitative estimate of drug-likeness (QED) is 0.398. The van der Waals surface area contributed by atoms with Crippen molar-refractivity contribution in [3.8, 4) is 0 Å². The van der Waals surface area contributed by atoms with Gasteiger partial charge in [-0.15, -0.1) is 0 Å². The van der Waals surface area contributed by atoms with Gasteiger partial charge in [0.2, 0.25) is 0 Å². The van der Waals surface area contributed by atoms with E-state index in [-0.39, 0.29) is 0 Å². The SMILES string of the molecule is C=C(I)/N=C\C(C)=N/C. The van der Waals surface area contributed by atoms with Gasteiger partial charge in [0.15, 0.2) is 0 Å². The first kappa shape index (κ1) is 8.81. The maximum absolute atomic E-state index is 3.93. The van der Waals surface area contributed by atoms with E-state index in [2.05, 4.69) is 16.6 Å². The van der Waals surface area contributed by atoms with Crippen molar-refractivity contribution in [3.63, 3.8) is 0 Å². The van der Waals surface area contributed by atoms with Gasteiger partial charge in [0.1, 0.15) is 0 Å². The van der Waals surface area contributed by atoms with Crippen molar-refractivity contribution in [1.29, 1.82) is 0 Å². The Morgan fingerprint density at radius 2 is 2.22 bits per heavy atom. The maximum atomic E-state index is 3.93. The third kappa shape index (κ3) is 5.68. The molecule has 0 aliphatic rings. The minimum absolute atomic E-state index is 0.774. The van der Waals surface area contributed by atoms with Crippen LogP contribution in [-0.4, -0.2) is 19.0 Å². The van der Waals surface area contributed by atoms with Crippen LogP contribution in [0, 0.1) is 0 Å². The van der Waals surface area contributed by atoms with E-state index < -0.39 is 0 Å². The van der Waals surface area contributed by atoms with Crippen LogP contribution in [0.1, 0.15) is 6.92 Å². The molecule has 0 N–H and O–H groups in total. The highest BCUT2D eigenvalue weighted by atomic mass is 127. The number of halogens is 1. The molecular weight excluding hydrogens is 227 g/mol. The molecule has 0 rings (SSSR count). The lowest BCUT2D eigenvalue weighted by Gasteiger charge is -1.84. The molecule has 0 unspecified atom stereocenters. The van der Waals surface area contributed by atoms with Gasteiger partial charge in [0.05, 0.1) is 3.70 Å². The highest BCUT2D eigenvalue weighted by Gasteiger charge is 1.79. The summed E-state index contributed by atoms with van der Waals surface area (Å²) in [5.74, 6) is 0. The fraction of sp³-hybridized carbons (Fsp3) is 0.333. The lowest BCUT2D eigenvalue weighted by atomic mass is 10.5. The summed E-state index contributed by atoms with van der Waals surface area (Å²) in [5, 5.41) is 0. The van der Waals surface area contributed by atoms with Gasteiger partial charge in [0, 0.05) is 19.0 Å². The molecule has 0 aromatic heterocycles. The summed E-state index contributed by atoms with van der Waals surface area (Å²) in [4.78, 5) is 7.82. The summed E-state index contributed by atoms with van der Waals surface area (Å²) < 4.78 is 0.774. The minimum atomic E-state index is 0.774. The van der Waals surface area contributed by atoms with Crippen LogP contribution in [0.4, 0.5) is 0 Å². The predicted octanol–water partition coefficient (Wildman–Crippen LogP) is 2.05. The van der Waals surface area contributed by atoms with Crippen LogP contribution in [0.5, 0.6) is 0 Å². The lowest BCUT2D eigenvalue weighted by molar-refractivity contribution is 1.44. The van der Waals surface area contributed by atoms with Gasteiger partial charge in [-0.1, -0.05) is 6.58 Å². The maximum Gasteiger partial charge on any atom is 0.0938 e. The van der Waals surface area contributed by atoms with Crippen LogP contribution in [0.3, 0.4) is 0 Å². The molecule has 0 amide bonds. The number of nitrogens with zero attached hydrogens (tertiary/aromatic N) is 2. The van der Waals surface area contributed by atoms with E-state index in [1.807, 2.05) is 29.5 Å². The van der Waals surface area contributed by atoms with Crippen molar-refractivity contribution in [3.05, 3.63) is 10.3 Å². The van der Waals surface area contributed by atoms with Crippen LogP contribution in [-0.2, 0) is 0 Å². The summed E-state index contributed by atoms with van der Waals surface area (Å²) in [6.07, 6.45) is 1.69. The first-order valence-electron chi connectivity index (χ1n) is 2.48. The second-order valence-electron chi connectivity index (χ2n) is 1.50. The second-order valence-corrected chi connectivity index (χ2v) is 2.74. The normalized spacial score (nSPS) is 12.6. The largest absolute Gasteiger partial charge is 0.292 e. The number of rotatable bonds is 2. The van der Waals surface area contributed by atoms with Gasteiger partial charge >= 0.3 is 0 Å². The molecule has 50 valence electrons. The van der Waals surface area contributed by atoms with Crippen LogP contribution in [0.2, 0.25) is 0 Å². The van der Waals surface area contributed by atoms with E-state index in [0.717, 1.165) is 9.42 Å². The zero-order valence-electron chi connectivity index (χ0n) is 5.56. The van der Waals surface area contributed by atoms with Gasteiger partial charge in [-0.3, -0.25) is 4.99 Å². The fourth-order valence-electron chi connectivity index (χ4n) is 0.221. The monoisotopic (exact) mass is 236 g/mol. The van der Waals surface area contributed by atoms with E-state index >= 15 is 0 Å². The first-order valence-corrected chi connectivity index (χ1v) is 3.56. The number of hydrogen-bond acceptors (Lipinski definition) is 2. The zero-order valence-corrected chi connectivity index (χ0v) is 7.71. The topological polar surface area (TPSA) is 24.7 Å². The molecule has 0 aromatic carbocycles. The molecule has 0 saturated heterocycles. The third-order valence-corrected chi connectivity index (χ3v) is 1.02. The molecule has 0 saturated carbocycles. The number of hydrogen-bond donors (Lipinski definition) is 0. The molecule has 0 fully saturated rings. The molecule has 0 bridgehead atoms. The van der Waals surface area contributed by atoms with Gasteiger partial charge in [0.25, 0.3) is 0 Å². The van der Waals surface area contributed by atoms with E-state index in [9.17, 15) is 0 Å². The molecule has 0 aliphatic carbocycles. The van der Waals surface area contributed by atoms with E-state index in [0.29, 0.717) is 0 Å². The van der Waals surface area contributed by atoms with Crippen molar-refractivity contribution in [2.75, 3.05) is 7.05 Å². The summed E-state index contributed by atoms with van der Waals surface area (Å²) in [6.45, 7) is 5.49. The Kier molecular flexibility index (Phi) is 4.57. The predicted molar refractivity (Wildman–Crippen MR) is 50.7 cm³/mol. The van der Waals surface area contributed by atoms with Gasteiger partial charge in [-0.25, -0.2) is 4.99 Å². The summed E-state index contributed by atoms with van der Waals surface area (Å²) >= 11 is 2.04. The Labute approximate surface area is 68.9 Å². The highest BCUT2D eigenvalue weighted by Crippen LogP contribution is 2.00.